The molecule has 0 heterocycles. The van der Waals surface area contributed by atoms with E-state index in [4.69, 9.17) is 4.74 Å². The van der Waals surface area contributed by atoms with Gasteiger partial charge in [-0.05, 0) is 56.2 Å². The molecule has 2 aromatic carbocycles. The Morgan fingerprint density at radius 1 is 1.08 bits per heavy atom. The van der Waals surface area contributed by atoms with Crippen molar-refractivity contribution in [3.63, 3.8) is 0 Å². The van der Waals surface area contributed by atoms with Crippen LogP contribution in [0.5, 0.6) is 0 Å². The molecular weight excluding hydrogens is 353 g/mol. The van der Waals surface area contributed by atoms with Gasteiger partial charge in [0.05, 0.1) is 6.42 Å². The minimum atomic E-state index is -0.438. The summed E-state index contributed by atoms with van der Waals surface area (Å²) in [5.74, 6) is -0.590. The zero-order valence-electron chi connectivity index (χ0n) is 15.1. The fourth-order valence-corrected chi connectivity index (χ4v) is 3.39. The van der Waals surface area contributed by atoms with Crippen LogP contribution in [0.1, 0.15) is 23.1 Å². The number of nitrogens with one attached hydrogen (secondary N) is 1. The number of benzene rings is 2. The number of halogens is 1. The van der Waals surface area contributed by atoms with E-state index in [0.29, 0.717) is 5.75 Å². The van der Waals surface area contributed by atoms with E-state index in [1.54, 1.807) is 12.1 Å². The fourth-order valence-electron chi connectivity index (χ4n) is 2.55. The molecule has 0 aliphatic rings. The smallest absolute Gasteiger partial charge is 0.307 e. The lowest BCUT2D eigenvalue weighted by molar-refractivity contribution is -0.146. The van der Waals surface area contributed by atoms with Crippen molar-refractivity contribution < 1.29 is 18.7 Å². The molecule has 0 aromatic heterocycles. The van der Waals surface area contributed by atoms with Crippen LogP contribution in [-0.2, 0) is 14.3 Å². The highest BCUT2D eigenvalue weighted by Crippen LogP contribution is 2.22. The minimum Gasteiger partial charge on any atom is -0.456 e. The number of esters is 1. The Morgan fingerprint density at radius 2 is 1.69 bits per heavy atom. The van der Waals surface area contributed by atoms with E-state index in [-0.39, 0.29) is 24.8 Å². The van der Waals surface area contributed by atoms with E-state index in [0.717, 1.165) is 27.3 Å². The number of ether oxygens (including phenoxy) is 1. The quantitative estimate of drug-likeness (QED) is 0.575. The molecule has 4 nitrogen and oxygen atoms in total. The normalized spacial score (nSPS) is 10.5. The van der Waals surface area contributed by atoms with Gasteiger partial charge in [0.2, 0.25) is 0 Å². The first-order chi connectivity index (χ1) is 12.3. The largest absolute Gasteiger partial charge is 0.456 e. The Balaban J connectivity index is 1.73. The van der Waals surface area contributed by atoms with E-state index in [1.165, 1.54) is 23.9 Å². The van der Waals surface area contributed by atoms with Crippen LogP contribution in [0.2, 0.25) is 0 Å². The Kier molecular flexibility index (Phi) is 7.21. The zero-order valence-corrected chi connectivity index (χ0v) is 15.9. The van der Waals surface area contributed by atoms with Crippen LogP contribution < -0.4 is 5.32 Å². The highest BCUT2D eigenvalue weighted by molar-refractivity contribution is 7.99. The number of thioether (sulfide) groups is 1. The second kappa shape index (κ2) is 9.38. The van der Waals surface area contributed by atoms with Crippen LogP contribution >= 0.6 is 11.8 Å². The number of hydrogen-bond acceptors (Lipinski definition) is 4. The third kappa shape index (κ3) is 6.19. The molecule has 0 aliphatic heterocycles. The van der Waals surface area contributed by atoms with Crippen molar-refractivity contribution in [1.29, 1.82) is 0 Å². The van der Waals surface area contributed by atoms with Crippen molar-refractivity contribution in [2.45, 2.75) is 32.1 Å². The third-order valence-corrected chi connectivity index (χ3v) is 4.71. The van der Waals surface area contributed by atoms with Gasteiger partial charge in [-0.2, -0.15) is 0 Å². The summed E-state index contributed by atoms with van der Waals surface area (Å²) in [4.78, 5) is 24.6. The van der Waals surface area contributed by atoms with Gasteiger partial charge in [-0.3, -0.25) is 9.59 Å². The van der Waals surface area contributed by atoms with Crippen molar-refractivity contribution in [1.82, 2.24) is 0 Å². The molecule has 138 valence electrons. The SMILES string of the molecule is Cc1cc(C)c(NC(=O)COC(=O)CCSc2ccc(F)cc2)c(C)c1. The summed E-state index contributed by atoms with van der Waals surface area (Å²) in [6.07, 6.45) is 0.178. The molecule has 0 spiro atoms. The number of rotatable bonds is 7. The molecule has 2 rings (SSSR count). The summed E-state index contributed by atoms with van der Waals surface area (Å²) in [5.41, 5.74) is 3.82. The van der Waals surface area contributed by atoms with E-state index in [9.17, 15) is 14.0 Å². The average Bonchev–Trinajstić information content (AvgIpc) is 2.58. The topological polar surface area (TPSA) is 55.4 Å². The lowest BCUT2D eigenvalue weighted by Crippen LogP contribution is -2.22. The van der Waals surface area contributed by atoms with Crippen molar-refractivity contribution in [2.24, 2.45) is 0 Å². The van der Waals surface area contributed by atoms with E-state index in [2.05, 4.69) is 5.32 Å². The van der Waals surface area contributed by atoms with Crippen molar-refractivity contribution in [3.05, 3.63) is 58.9 Å². The van der Waals surface area contributed by atoms with Crippen LogP contribution in [0, 0.1) is 26.6 Å². The van der Waals surface area contributed by atoms with E-state index < -0.39 is 5.97 Å². The predicted octanol–water partition coefficient (Wildman–Crippen LogP) is 4.42. The highest BCUT2D eigenvalue weighted by atomic mass is 32.2. The minimum absolute atomic E-state index is 0.178. The first kappa shape index (κ1) is 20.0. The molecule has 0 fully saturated rings. The molecule has 0 saturated carbocycles. The van der Waals surface area contributed by atoms with Crippen molar-refractivity contribution in [3.8, 4) is 0 Å². The second-order valence-electron chi connectivity index (χ2n) is 6.03. The number of hydrogen-bond donors (Lipinski definition) is 1. The molecule has 6 heteroatoms. The molecule has 1 N–H and O–H groups in total. The van der Waals surface area contributed by atoms with Gasteiger partial charge in [-0.25, -0.2) is 4.39 Å². The summed E-state index contributed by atoms with van der Waals surface area (Å²) < 4.78 is 17.8. The number of anilines is 1. The van der Waals surface area contributed by atoms with Crippen LogP contribution in [0.25, 0.3) is 0 Å². The maximum atomic E-state index is 12.8. The first-order valence-electron chi connectivity index (χ1n) is 8.27. The Morgan fingerprint density at radius 3 is 2.31 bits per heavy atom. The summed E-state index contributed by atoms with van der Waals surface area (Å²) in [7, 11) is 0. The van der Waals surface area contributed by atoms with Crippen LogP contribution in [-0.4, -0.2) is 24.2 Å². The molecule has 26 heavy (non-hydrogen) atoms. The van der Waals surface area contributed by atoms with Gasteiger partial charge in [0, 0.05) is 16.3 Å². The number of aryl methyl sites for hydroxylation is 3. The van der Waals surface area contributed by atoms with Gasteiger partial charge in [-0.1, -0.05) is 17.7 Å². The van der Waals surface area contributed by atoms with Crippen LogP contribution in [0.3, 0.4) is 0 Å². The lowest BCUT2D eigenvalue weighted by Gasteiger charge is -2.13. The van der Waals surface area contributed by atoms with Crippen LogP contribution in [0.15, 0.2) is 41.3 Å². The molecular formula is C20H22FNO3S. The van der Waals surface area contributed by atoms with Crippen molar-refractivity contribution >= 4 is 29.3 Å². The molecule has 0 atom stereocenters. The van der Waals surface area contributed by atoms with Gasteiger partial charge in [0.15, 0.2) is 6.61 Å². The molecule has 2 aromatic rings. The maximum Gasteiger partial charge on any atom is 0.307 e. The third-order valence-electron chi connectivity index (χ3n) is 3.69. The Hall–Kier alpha value is -2.34. The maximum absolute atomic E-state index is 12.8. The van der Waals surface area contributed by atoms with E-state index in [1.807, 2.05) is 32.9 Å². The monoisotopic (exact) mass is 375 g/mol. The average molecular weight is 375 g/mol. The Bertz CT molecular complexity index is 767. The standard InChI is InChI=1S/C20H22FNO3S/c1-13-10-14(2)20(15(3)11-13)22-18(23)12-25-19(24)8-9-26-17-6-4-16(21)5-7-17/h4-7,10-11H,8-9,12H2,1-3H3,(H,22,23). The zero-order chi connectivity index (χ0) is 19.1. The van der Waals surface area contributed by atoms with Crippen LogP contribution in [0.4, 0.5) is 10.1 Å². The number of carbonyl (C=O) groups excluding carboxylic acids is 2. The number of carbonyl (C=O) groups is 2. The van der Waals surface area contributed by atoms with Gasteiger partial charge in [0.1, 0.15) is 5.82 Å². The summed E-state index contributed by atoms with van der Waals surface area (Å²) in [5, 5.41) is 2.79. The fraction of sp³-hybridized carbons (Fsp3) is 0.300. The Labute approximate surface area is 157 Å². The van der Waals surface area contributed by atoms with Gasteiger partial charge in [0.25, 0.3) is 5.91 Å². The molecule has 0 aliphatic carbocycles. The summed E-state index contributed by atoms with van der Waals surface area (Å²) in [6, 6.07) is 10.0. The van der Waals surface area contributed by atoms with Crippen molar-refractivity contribution in [2.75, 3.05) is 17.7 Å². The first-order valence-corrected chi connectivity index (χ1v) is 9.25. The lowest BCUT2D eigenvalue weighted by atomic mass is 10.1. The van der Waals surface area contributed by atoms with Gasteiger partial charge < -0.3 is 10.1 Å². The van der Waals surface area contributed by atoms with Gasteiger partial charge in [-0.15, -0.1) is 11.8 Å². The molecule has 0 saturated heterocycles. The second-order valence-corrected chi connectivity index (χ2v) is 7.20. The predicted molar refractivity (Wildman–Crippen MR) is 102 cm³/mol. The molecule has 1 amide bonds. The summed E-state index contributed by atoms with van der Waals surface area (Å²) >= 11 is 1.43. The molecule has 0 unspecified atom stereocenters. The van der Waals surface area contributed by atoms with E-state index >= 15 is 0 Å². The molecule has 0 radical (unpaired) electrons. The highest BCUT2D eigenvalue weighted by Gasteiger charge is 2.11. The van der Waals surface area contributed by atoms with Gasteiger partial charge >= 0.3 is 5.97 Å². The summed E-state index contributed by atoms with van der Waals surface area (Å²) in [6.45, 7) is 5.53. The molecule has 0 bridgehead atoms. The number of amides is 1.